The van der Waals surface area contributed by atoms with Crippen LogP contribution in [0.1, 0.15) is 12.5 Å². The third-order valence-electron chi connectivity index (χ3n) is 4.38. The first-order chi connectivity index (χ1) is 10.1. The Kier molecular flexibility index (Phi) is 3.69. The van der Waals surface area contributed by atoms with Gasteiger partial charge in [0, 0.05) is 36.6 Å². The van der Waals surface area contributed by atoms with Crippen molar-refractivity contribution >= 4 is 16.9 Å². The van der Waals surface area contributed by atoms with E-state index in [0.717, 1.165) is 16.5 Å². The molecule has 1 aliphatic heterocycles. The first-order valence-electron chi connectivity index (χ1n) is 7.22. The van der Waals surface area contributed by atoms with E-state index < -0.39 is 11.5 Å². The molecule has 2 N–H and O–H groups in total. The highest BCUT2D eigenvalue weighted by molar-refractivity contribution is 5.85. The second-order valence-electron chi connectivity index (χ2n) is 5.71. The number of carboxylic acid groups (broad SMARTS) is 1. The maximum atomic E-state index is 11.9. The molecule has 21 heavy (non-hydrogen) atoms. The number of hydrogen-bond donors (Lipinski definition) is 2. The summed E-state index contributed by atoms with van der Waals surface area (Å²) in [5, 5.41) is 10.9. The summed E-state index contributed by atoms with van der Waals surface area (Å²) < 4.78 is 5.34. The number of nitrogens with zero attached hydrogens (tertiary/aromatic N) is 1. The normalized spacial score (nSPS) is 19.5. The van der Waals surface area contributed by atoms with E-state index in [4.69, 9.17) is 4.74 Å². The lowest BCUT2D eigenvalue weighted by Crippen LogP contribution is -2.57. The zero-order chi connectivity index (χ0) is 14.9. The Hall–Kier alpha value is -1.85. The minimum absolute atomic E-state index is 0.479. The zero-order valence-corrected chi connectivity index (χ0v) is 12.1. The number of nitrogens with one attached hydrogen (secondary N) is 1. The maximum absolute atomic E-state index is 11.9. The lowest BCUT2D eigenvalue weighted by atomic mass is 9.90. The number of aliphatic carboxylic acids is 1. The van der Waals surface area contributed by atoms with Crippen molar-refractivity contribution in [1.82, 2.24) is 9.88 Å². The van der Waals surface area contributed by atoms with E-state index in [1.807, 2.05) is 42.3 Å². The van der Waals surface area contributed by atoms with Crippen LogP contribution in [0.4, 0.5) is 0 Å². The summed E-state index contributed by atoms with van der Waals surface area (Å²) >= 11 is 0. The SMILES string of the molecule is CC(Cc1c[nH]c2ccccc12)(C(=O)O)N1CCOCC1. The summed E-state index contributed by atoms with van der Waals surface area (Å²) in [6, 6.07) is 7.99. The van der Waals surface area contributed by atoms with Crippen molar-refractivity contribution in [1.29, 1.82) is 0 Å². The van der Waals surface area contributed by atoms with Gasteiger partial charge in [0.2, 0.25) is 0 Å². The third-order valence-corrected chi connectivity index (χ3v) is 4.38. The van der Waals surface area contributed by atoms with Gasteiger partial charge in [0.05, 0.1) is 13.2 Å². The molecule has 0 aliphatic carbocycles. The van der Waals surface area contributed by atoms with Gasteiger partial charge in [-0.2, -0.15) is 0 Å². The molecule has 5 heteroatoms. The Morgan fingerprint density at radius 2 is 2.10 bits per heavy atom. The van der Waals surface area contributed by atoms with Crippen LogP contribution in [0.25, 0.3) is 10.9 Å². The summed E-state index contributed by atoms with van der Waals surface area (Å²) in [5.74, 6) is -0.783. The number of ether oxygens (including phenoxy) is 1. The van der Waals surface area contributed by atoms with E-state index in [1.165, 1.54) is 0 Å². The number of hydrogen-bond acceptors (Lipinski definition) is 3. The van der Waals surface area contributed by atoms with Crippen LogP contribution in [0.5, 0.6) is 0 Å². The second-order valence-corrected chi connectivity index (χ2v) is 5.71. The number of rotatable bonds is 4. The monoisotopic (exact) mass is 288 g/mol. The minimum Gasteiger partial charge on any atom is -0.480 e. The zero-order valence-electron chi connectivity index (χ0n) is 12.1. The van der Waals surface area contributed by atoms with Gasteiger partial charge in [-0.05, 0) is 18.6 Å². The molecular weight excluding hydrogens is 268 g/mol. The molecule has 1 unspecified atom stereocenters. The van der Waals surface area contributed by atoms with Crippen LogP contribution in [0.3, 0.4) is 0 Å². The number of benzene rings is 1. The smallest absolute Gasteiger partial charge is 0.324 e. The maximum Gasteiger partial charge on any atom is 0.324 e. The van der Waals surface area contributed by atoms with Crippen LogP contribution in [-0.4, -0.2) is 52.8 Å². The molecule has 1 aliphatic rings. The highest BCUT2D eigenvalue weighted by Crippen LogP contribution is 2.27. The van der Waals surface area contributed by atoms with E-state index in [2.05, 4.69) is 4.98 Å². The predicted molar refractivity (Wildman–Crippen MR) is 80.4 cm³/mol. The van der Waals surface area contributed by atoms with Crippen molar-refractivity contribution in [3.63, 3.8) is 0 Å². The van der Waals surface area contributed by atoms with Crippen molar-refractivity contribution < 1.29 is 14.6 Å². The largest absolute Gasteiger partial charge is 0.480 e. The average molecular weight is 288 g/mol. The highest BCUT2D eigenvalue weighted by Gasteiger charge is 2.40. The van der Waals surface area contributed by atoms with Gasteiger partial charge in [0.1, 0.15) is 5.54 Å². The summed E-state index contributed by atoms with van der Waals surface area (Å²) in [7, 11) is 0. The Balaban J connectivity index is 1.93. The van der Waals surface area contributed by atoms with Gasteiger partial charge in [-0.1, -0.05) is 18.2 Å². The van der Waals surface area contributed by atoms with E-state index >= 15 is 0 Å². The van der Waals surface area contributed by atoms with Crippen molar-refractivity contribution in [2.75, 3.05) is 26.3 Å². The molecule has 1 fully saturated rings. The van der Waals surface area contributed by atoms with E-state index in [0.29, 0.717) is 32.7 Å². The Morgan fingerprint density at radius 1 is 1.38 bits per heavy atom. The number of H-pyrrole nitrogens is 1. The van der Waals surface area contributed by atoms with Crippen LogP contribution in [0.2, 0.25) is 0 Å². The van der Waals surface area contributed by atoms with Gasteiger partial charge < -0.3 is 14.8 Å². The summed E-state index contributed by atoms with van der Waals surface area (Å²) in [4.78, 5) is 17.1. The molecule has 2 aromatic rings. The Bertz CT molecular complexity index is 646. The van der Waals surface area contributed by atoms with Gasteiger partial charge in [0.25, 0.3) is 0 Å². The summed E-state index contributed by atoms with van der Waals surface area (Å²) in [6.45, 7) is 4.31. The lowest BCUT2D eigenvalue weighted by molar-refractivity contribution is -0.153. The molecule has 1 aromatic heterocycles. The van der Waals surface area contributed by atoms with Crippen LogP contribution < -0.4 is 0 Å². The van der Waals surface area contributed by atoms with Crippen LogP contribution in [0, 0.1) is 0 Å². The quantitative estimate of drug-likeness (QED) is 0.901. The molecule has 112 valence electrons. The van der Waals surface area contributed by atoms with Crippen molar-refractivity contribution in [3.8, 4) is 0 Å². The fourth-order valence-electron chi connectivity index (χ4n) is 3.03. The van der Waals surface area contributed by atoms with Crippen molar-refractivity contribution in [3.05, 3.63) is 36.0 Å². The number of carbonyl (C=O) groups is 1. The minimum atomic E-state index is -0.908. The standard InChI is InChI=1S/C16H20N2O3/c1-16(15(19)20,18-6-8-21-9-7-18)10-12-11-17-14-5-3-2-4-13(12)14/h2-5,11,17H,6-10H2,1H3,(H,19,20). The van der Waals surface area contributed by atoms with Crippen LogP contribution >= 0.6 is 0 Å². The predicted octanol–water partition coefficient (Wildman–Crippen LogP) is 1.89. The second kappa shape index (κ2) is 5.50. The number of aromatic nitrogens is 1. The van der Waals surface area contributed by atoms with Gasteiger partial charge in [-0.15, -0.1) is 0 Å². The molecular formula is C16H20N2O3. The van der Waals surface area contributed by atoms with E-state index in [1.54, 1.807) is 0 Å². The van der Waals surface area contributed by atoms with Crippen molar-refractivity contribution in [2.45, 2.75) is 18.9 Å². The summed E-state index contributed by atoms with van der Waals surface area (Å²) in [5.41, 5.74) is 1.18. The van der Waals surface area contributed by atoms with E-state index in [-0.39, 0.29) is 0 Å². The Labute approximate surface area is 123 Å². The molecule has 3 rings (SSSR count). The van der Waals surface area contributed by atoms with Crippen molar-refractivity contribution in [2.24, 2.45) is 0 Å². The van der Waals surface area contributed by atoms with Gasteiger partial charge in [-0.3, -0.25) is 9.69 Å². The van der Waals surface area contributed by atoms with Crippen LogP contribution in [0.15, 0.2) is 30.5 Å². The number of carboxylic acids is 1. The molecule has 0 spiro atoms. The number of fused-ring (bicyclic) bond motifs is 1. The molecule has 1 aromatic carbocycles. The molecule has 0 amide bonds. The highest BCUT2D eigenvalue weighted by atomic mass is 16.5. The molecule has 5 nitrogen and oxygen atoms in total. The number of morpholine rings is 1. The fraction of sp³-hybridized carbons (Fsp3) is 0.438. The van der Waals surface area contributed by atoms with Gasteiger partial charge in [-0.25, -0.2) is 0 Å². The molecule has 1 saturated heterocycles. The Morgan fingerprint density at radius 3 is 2.81 bits per heavy atom. The topological polar surface area (TPSA) is 65.6 Å². The van der Waals surface area contributed by atoms with Gasteiger partial charge >= 0.3 is 5.97 Å². The molecule has 1 atom stereocenters. The first-order valence-corrected chi connectivity index (χ1v) is 7.22. The molecule has 0 radical (unpaired) electrons. The number of aromatic amines is 1. The summed E-state index contributed by atoms with van der Waals surface area (Å²) in [6.07, 6.45) is 2.40. The fourth-order valence-corrected chi connectivity index (χ4v) is 3.03. The third kappa shape index (κ3) is 2.54. The average Bonchev–Trinajstić information content (AvgIpc) is 2.91. The molecule has 2 heterocycles. The number of para-hydroxylation sites is 1. The molecule has 0 saturated carbocycles. The molecule has 0 bridgehead atoms. The lowest BCUT2D eigenvalue weighted by Gasteiger charge is -2.40. The van der Waals surface area contributed by atoms with Crippen LogP contribution in [-0.2, 0) is 16.0 Å². The first kappa shape index (κ1) is 14.1. The van der Waals surface area contributed by atoms with Gasteiger partial charge in [0.15, 0.2) is 0 Å². The van der Waals surface area contributed by atoms with E-state index in [9.17, 15) is 9.90 Å².